The van der Waals surface area contributed by atoms with Crippen LogP contribution in [0.5, 0.6) is 0 Å². The summed E-state index contributed by atoms with van der Waals surface area (Å²) in [7, 11) is 0. The van der Waals surface area contributed by atoms with Crippen LogP contribution < -0.4 is 5.32 Å². The topological polar surface area (TPSA) is 12.0 Å². The smallest absolute Gasteiger partial charge is 0.0134 e. The van der Waals surface area contributed by atoms with Crippen molar-refractivity contribution < 1.29 is 0 Å². The Labute approximate surface area is 59.2 Å². The van der Waals surface area contributed by atoms with Crippen molar-refractivity contribution in [3.63, 3.8) is 0 Å². The van der Waals surface area contributed by atoms with Crippen LogP contribution >= 0.6 is 0 Å². The molecule has 0 radical (unpaired) electrons. The molecular weight excluding hydrogens is 110 g/mol. The van der Waals surface area contributed by atoms with Crippen molar-refractivity contribution in [3.8, 4) is 0 Å². The first kappa shape index (κ1) is 11.5. The number of nitrogens with one attached hydrogen (secondary N) is 1. The largest absolute Gasteiger partial charge is 0.314 e. The third-order valence-corrected chi connectivity index (χ3v) is 0.748. The highest BCUT2D eigenvalue weighted by Gasteiger charge is 1.68. The first-order valence-electron chi connectivity index (χ1n) is 3.73. The monoisotopic (exact) mass is 129 g/mol. The van der Waals surface area contributed by atoms with E-state index in [1.54, 1.807) is 0 Å². The molecule has 0 aromatic rings. The van der Waals surface area contributed by atoms with Crippen LogP contribution in [0, 0.1) is 0 Å². The van der Waals surface area contributed by atoms with Gasteiger partial charge in [-0.1, -0.05) is 32.9 Å². The van der Waals surface area contributed by atoms with Gasteiger partial charge in [-0.3, -0.25) is 0 Å². The Bertz CT molecular complexity index is 48.5. The van der Waals surface area contributed by atoms with Gasteiger partial charge in [-0.05, 0) is 13.5 Å². The zero-order valence-electron chi connectivity index (χ0n) is 7.07. The van der Waals surface area contributed by atoms with E-state index >= 15 is 0 Å². The molecule has 56 valence electrons. The lowest BCUT2D eigenvalue weighted by atomic mass is 10.5. The molecule has 0 bridgehead atoms. The zero-order valence-corrected chi connectivity index (χ0v) is 7.07. The van der Waals surface area contributed by atoms with Crippen molar-refractivity contribution in [2.24, 2.45) is 0 Å². The van der Waals surface area contributed by atoms with E-state index in [2.05, 4.69) is 18.3 Å². The van der Waals surface area contributed by atoms with E-state index in [1.807, 2.05) is 26.8 Å². The minimum Gasteiger partial charge on any atom is -0.314 e. The summed E-state index contributed by atoms with van der Waals surface area (Å²) in [5.41, 5.74) is 0. The van der Waals surface area contributed by atoms with Gasteiger partial charge in [-0.15, -0.1) is 0 Å². The second-order valence-electron chi connectivity index (χ2n) is 1.38. The number of rotatable bonds is 3. The molecule has 0 aliphatic rings. The minimum absolute atomic E-state index is 1.01. The number of hydrogen-bond donors (Lipinski definition) is 1. The van der Waals surface area contributed by atoms with Gasteiger partial charge in [-0.2, -0.15) is 0 Å². The maximum atomic E-state index is 3.16. The Morgan fingerprint density at radius 3 is 2.22 bits per heavy atom. The van der Waals surface area contributed by atoms with Crippen molar-refractivity contribution in [1.82, 2.24) is 5.32 Å². The third-order valence-electron chi connectivity index (χ3n) is 0.748. The van der Waals surface area contributed by atoms with Crippen molar-refractivity contribution in [2.45, 2.75) is 27.7 Å². The van der Waals surface area contributed by atoms with E-state index in [0.717, 1.165) is 13.1 Å². The van der Waals surface area contributed by atoms with Gasteiger partial charge in [0.2, 0.25) is 0 Å². The van der Waals surface area contributed by atoms with Gasteiger partial charge in [0.05, 0.1) is 0 Å². The Morgan fingerprint density at radius 2 is 1.89 bits per heavy atom. The first-order chi connectivity index (χ1) is 4.41. The Balaban J connectivity index is 0. The SMILES string of the molecule is C/C=C\CNCC.CC. The highest BCUT2D eigenvalue weighted by molar-refractivity contribution is 4.78. The first-order valence-corrected chi connectivity index (χ1v) is 3.73. The van der Waals surface area contributed by atoms with E-state index < -0.39 is 0 Å². The summed E-state index contributed by atoms with van der Waals surface area (Å²) in [5, 5.41) is 3.16. The molecule has 0 saturated heterocycles. The molecule has 0 heterocycles. The molecule has 0 rings (SSSR count). The Kier molecular flexibility index (Phi) is 20.0. The van der Waals surface area contributed by atoms with E-state index in [1.165, 1.54) is 0 Å². The number of allylic oxidation sites excluding steroid dienone is 1. The van der Waals surface area contributed by atoms with E-state index in [9.17, 15) is 0 Å². The molecule has 9 heavy (non-hydrogen) atoms. The average Bonchev–Trinajstić information content (AvgIpc) is 1.94. The summed E-state index contributed by atoms with van der Waals surface area (Å²) in [6.07, 6.45) is 4.14. The summed E-state index contributed by atoms with van der Waals surface area (Å²) < 4.78 is 0. The highest BCUT2D eigenvalue weighted by Crippen LogP contribution is 1.64. The van der Waals surface area contributed by atoms with Gasteiger partial charge in [0, 0.05) is 6.54 Å². The van der Waals surface area contributed by atoms with Crippen LogP contribution in [0.4, 0.5) is 0 Å². The van der Waals surface area contributed by atoms with Gasteiger partial charge in [0.15, 0.2) is 0 Å². The maximum absolute atomic E-state index is 3.16. The Morgan fingerprint density at radius 1 is 1.33 bits per heavy atom. The molecule has 0 aliphatic carbocycles. The van der Waals surface area contributed by atoms with Gasteiger partial charge >= 0.3 is 0 Å². The lowest BCUT2D eigenvalue weighted by Gasteiger charge is -1.89. The number of hydrogen-bond acceptors (Lipinski definition) is 1. The van der Waals surface area contributed by atoms with Crippen molar-refractivity contribution in [2.75, 3.05) is 13.1 Å². The van der Waals surface area contributed by atoms with Gasteiger partial charge in [0.1, 0.15) is 0 Å². The fraction of sp³-hybridized carbons (Fsp3) is 0.750. The number of likely N-dealkylation sites (N-methyl/N-ethyl adjacent to an activating group) is 1. The lowest BCUT2D eigenvalue weighted by molar-refractivity contribution is 0.799. The standard InChI is InChI=1S/C6H13N.C2H6/c1-3-5-6-7-4-2;1-2/h3,5,7H,4,6H2,1-2H3;1-2H3/b5-3-;. The maximum Gasteiger partial charge on any atom is 0.0134 e. The Hall–Kier alpha value is -0.300. The molecule has 1 nitrogen and oxygen atoms in total. The minimum atomic E-state index is 1.01. The highest BCUT2D eigenvalue weighted by atomic mass is 14.8. The summed E-state index contributed by atoms with van der Waals surface area (Å²) in [5.74, 6) is 0. The molecule has 0 unspecified atom stereocenters. The average molecular weight is 129 g/mol. The van der Waals surface area contributed by atoms with Crippen LogP contribution in [-0.4, -0.2) is 13.1 Å². The van der Waals surface area contributed by atoms with Gasteiger partial charge < -0.3 is 5.32 Å². The van der Waals surface area contributed by atoms with Crippen LogP contribution in [0.1, 0.15) is 27.7 Å². The third kappa shape index (κ3) is 18.3. The molecule has 0 fully saturated rings. The predicted octanol–water partition coefficient (Wildman–Crippen LogP) is 2.20. The molecule has 0 atom stereocenters. The fourth-order valence-electron chi connectivity index (χ4n) is 0.346. The molecular formula is C8H19N. The van der Waals surface area contributed by atoms with Crippen LogP contribution in [-0.2, 0) is 0 Å². The molecule has 1 heteroatoms. The lowest BCUT2D eigenvalue weighted by Crippen LogP contribution is -2.11. The summed E-state index contributed by atoms with van der Waals surface area (Å²) >= 11 is 0. The van der Waals surface area contributed by atoms with E-state index in [0.29, 0.717) is 0 Å². The molecule has 0 saturated carbocycles. The van der Waals surface area contributed by atoms with Crippen LogP contribution in [0.25, 0.3) is 0 Å². The fourth-order valence-corrected chi connectivity index (χ4v) is 0.346. The molecule has 0 aliphatic heterocycles. The summed E-state index contributed by atoms with van der Waals surface area (Å²) in [6, 6.07) is 0. The van der Waals surface area contributed by atoms with E-state index in [4.69, 9.17) is 0 Å². The van der Waals surface area contributed by atoms with Crippen LogP contribution in [0.2, 0.25) is 0 Å². The molecule has 0 aromatic heterocycles. The van der Waals surface area contributed by atoms with Gasteiger partial charge in [0.25, 0.3) is 0 Å². The second kappa shape index (κ2) is 15.6. The second-order valence-corrected chi connectivity index (χ2v) is 1.38. The van der Waals surface area contributed by atoms with Crippen LogP contribution in [0.3, 0.4) is 0 Å². The molecule has 1 N–H and O–H groups in total. The zero-order chi connectivity index (χ0) is 7.54. The van der Waals surface area contributed by atoms with Crippen LogP contribution in [0.15, 0.2) is 12.2 Å². The van der Waals surface area contributed by atoms with Gasteiger partial charge in [-0.25, -0.2) is 0 Å². The molecule has 0 amide bonds. The summed E-state index contributed by atoms with van der Waals surface area (Å²) in [6.45, 7) is 10.2. The molecule has 0 spiro atoms. The van der Waals surface area contributed by atoms with Crippen molar-refractivity contribution in [1.29, 1.82) is 0 Å². The van der Waals surface area contributed by atoms with E-state index in [-0.39, 0.29) is 0 Å². The molecule has 0 aromatic carbocycles. The van der Waals surface area contributed by atoms with Crippen molar-refractivity contribution >= 4 is 0 Å². The normalized spacial score (nSPS) is 8.89. The van der Waals surface area contributed by atoms with Crippen molar-refractivity contribution in [3.05, 3.63) is 12.2 Å². The predicted molar refractivity (Wildman–Crippen MR) is 44.7 cm³/mol. The quantitative estimate of drug-likeness (QED) is 0.455. The summed E-state index contributed by atoms with van der Waals surface area (Å²) in [4.78, 5) is 0.